The normalized spacial score (nSPS) is 14.5. The molecule has 0 unspecified atom stereocenters. The Balaban J connectivity index is 1.70. The maximum absolute atomic E-state index is 6.26. The molecule has 1 saturated carbocycles. The summed E-state index contributed by atoms with van der Waals surface area (Å²) < 4.78 is 10.5. The van der Waals surface area contributed by atoms with E-state index in [2.05, 4.69) is 20.3 Å². The van der Waals surface area contributed by atoms with Crippen molar-refractivity contribution in [2.24, 2.45) is 0 Å². The Morgan fingerprint density at radius 2 is 2.25 bits per heavy atom. The Hall–Kier alpha value is -1.59. The first-order valence-electron chi connectivity index (χ1n) is 6.65. The summed E-state index contributed by atoms with van der Waals surface area (Å²) in [5.41, 5.74) is 2.42. The van der Waals surface area contributed by atoms with Gasteiger partial charge in [0, 0.05) is 23.2 Å². The van der Waals surface area contributed by atoms with Crippen LogP contribution in [0.4, 0.5) is 0 Å². The summed E-state index contributed by atoms with van der Waals surface area (Å²) >= 11 is 6.26. The number of hydrogen-bond acceptors (Lipinski definition) is 5. The Morgan fingerprint density at radius 3 is 2.95 bits per heavy atom. The number of hydrogen-bond donors (Lipinski definition) is 1. The Bertz CT molecular complexity index is 596. The zero-order valence-corrected chi connectivity index (χ0v) is 12.0. The molecule has 20 heavy (non-hydrogen) atoms. The van der Waals surface area contributed by atoms with E-state index in [-0.39, 0.29) is 0 Å². The molecule has 0 amide bonds. The van der Waals surface area contributed by atoms with Gasteiger partial charge < -0.3 is 10.1 Å². The van der Waals surface area contributed by atoms with Gasteiger partial charge in [-0.05, 0) is 31.9 Å². The number of aryl methyl sites for hydroxylation is 1. The average Bonchev–Trinajstić information content (AvgIpc) is 3.17. The van der Waals surface area contributed by atoms with Crippen LogP contribution in [0, 0.1) is 6.92 Å². The number of nitrogens with one attached hydrogen (secondary N) is 1. The molecule has 1 fully saturated rings. The Labute approximate surface area is 122 Å². The predicted octanol–water partition coefficient (Wildman–Crippen LogP) is 2.86. The minimum Gasteiger partial charge on any atom is -0.487 e. The van der Waals surface area contributed by atoms with Crippen LogP contribution in [0.15, 0.2) is 22.8 Å². The number of ether oxygens (including phenoxy) is 1. The molecule has 106 valence electrons. The highest BCUT2D eigenvalue weighted by Gasteiger charge is 2.21. The second-order valence-electron chi connectivity index (χ2n) is 4.96. The topological polar surface area (TPSA) is 60.2 Å². The molecule has 0 spiro atoms. The number of aromatic nitrogens is 2. The van der Waals surface area contributed by atoms with E-state index in [1.807, 2.05) is 25.1 Å². The summed E-state index contributed by atoms with van der Waals surface area (Å²) in [6.45, 7) is 2.88. The molecule has 0 aliphatic heterocycles. The molecule has 5 nitrogen and oxygen atoms in total. The maximum atomic E-state index is 6.26. The van der Waals surface area contributed by atoms with Crippen LogP contribution in [0.25, 0.3) is 0 Å². The highest BCUT2D eigenvalue weighted by molar-refractivity contribution is 6.31. The van der Waals surface area contributed by atoms with Crippen molar-refractivity contribution >= 4 is 11.6 Å². The number of halogens is 1. The van der Waals surface area contributed by atoms with E-state index in [0.29, 0.717) is 23.4 Å². The second-order valence-corrected chi connectivity index (χ2v) is 5.36. The first kappa shape index (κ1) is 13.4. The molecule has 0 saturated heterocycles. The van der Waals surface area contributed by atoms with Crippen LogP contribution < -0.4 is 10.1 Å². The molecule has 1 aliphatic rings. The van der Waals surface area contributed by atoms with Crippen molar-refractivity contribution in [2.75, 3.05) is 0 Å². The van der Waals surface area contributed by atoms with Gasteiger partial charge in [-0.15, -0.1) is 0 Å². The quantitative estimate of drug-likeness (QED) is 0.887. The molecule has 0 radical (unpaired) electrons. The van der Waals surface area contributed by atoms with Crippen LogP contribution in [-0.4, -0.2) is 16.4 Å². The molecule has 1 aliphatic carbocycles. The lowest BCUT2D eigenvalue weighted by Gasteiger charge is -2.12. The summed E-state index contributed by atoms with van der Waals surface area (Å²) in [6.07, 6.45) is 2.48. The van der Waals surface area contributed by atoms with Gasteiger partial charge in [0.1, 0.15) is 23.7 Å². The number of benzene rings is 1. The van der Waals surface area contributed by atoms with Gasteiger partial charge in [0.05, 0.1) is 0 Å². The summed E-state index contributed by atoms with van der Waals surface area (Å²) in [5, 5.41) is 11.7. The van der Waals surface area contributed by atoms with Gasteiger partial charge in [0.2, 0.25) is 0 Å². The fraction of sp³-hybridized carbons (Fsp3) is 0.429. The van der Waals surface area contributed by atoms with E-state index >= 15 is 0 Å². The van der Waals surface area contributed by atoms with E-state index in [0.717, 1.165) is 23.6 Å². The van der Waals surface area contributed by atoms with Crippen LogP contribution in [-0.2, 0) is 13.2 Å². The summed E-state index contributed by atoms with van der Waals surface area (Å²) in [7, 11) is 0. The van der Waals surface area contributed by atoms with E-state index in [9.17, 15) is 0 Å². The first-order valence-corrected chi connectivity index (χ1v) is 7.03. The third kappa shape index (κ3) is 3.11. The van der Waals surface area contributed by atoms with Crippen molar-refractivity contribution in [2.45, 2.75) is 39.0 Å². The van der Waals surface area contributed by atoms with E-state index < -0.39 is 0 Å². The fourth-order valence-corrected chi connectivity index (χ4v) is 2.14. The number of rotatable bonds is 6. The zero-order valence-electron chi connectivity index (χ0n) is 11.2. The molecule has 1 heterocycles. The van der Waals surface area contributed by atoms with E-state index in [1.54, 1.807) is 0 Å². The third-order valence-electron chi connectivity index (χ3n) is 3.33. The molecular weight excluding hydrogens is 278 g/mol. The van der Waals surface area contributed by atoms with Crippen molar-refractivity contribution in [1.82, 2.24) is 15.6 Å². The standard InChI is InChI=1S/C14H16ClN3O2/c1-9-13(18-20-17-9)8-19-14-4-2-3-12(15)11(14)7-16-10-5-6-10/h2-4,10,16H,5-8H2,1H3. The third-order valence-corrected chi connectivity index (χ3v) is 3.69. The first-order chi connectivity index (χ1) is 9.74. The van der Waals surface area contributed by atoms with Gasteiger partial charge in [0.25, 0.3) is 0 Å². The number of nitrogens with zero attached hydrogens (tertiary/aromatic N) is 2. The monoisotopic (exact) mass is 293 g/mol. The minimum atomic E-state index is 0.326. The van der Waals surface area contributed by atoms with Gasteiger partial charge in [-0.1, -0.05) is 28.0 Å². The lowest BCUT2D eigenvalue weighted by atomic mass is 10.2. The van der Waals surface area contributed by atoms with Crippen molar-refractivity contribution in [1.29, 1.82) is 0 Å². The molecule has 0 atom stereocenters. The molecular formula is C14H16ClN3O2. The molecule has 3 rings (SSSR count). The summed E-state index contributed by atoms with van der Waals surface area (Å²) in [5.74, 6) is 0.771. The van der Waals surface area contributed by atoms with Crippen LogP contribution in [0.1, 0.15) is 29.8 Å². The molecule has 1 aromatic heterocycles. The molecule has 6 heteroatoms. The maximum Gasteiger partial charge on any atom is 0.145 e. The van der Waals surface area contributed by atoms with Crippen molar-refractivity contribution in [3.63, 3.8) is 0 Å². The van der Waals surface area contributed by atoms with Crippen molar-refractivity contribution in [3.8, 4) is 5.75 Å². The average molecular weight is 294 g/mol. The van der Waals surface area contributed by atoms with E-state index in [4.69, 9.17) is 16.3 Å². The van der Waals surface area contributed by atoms with Crippen LogP contribution in [0.5, 0.6) is 5.75 Å². The molecule has 1 aromatic carbocycles. The minimum absolute atomic E-state index is 0.326. The molecule has 2 aromatic rings. The van der Waals surface area contributed by atoms with Gasteiger partial charge in [-0.3, -0.25) is 0 Å². The highest BCUT2D eigenvalue weighted by Crippen LogP contribution is 2.28. The van der Waals surface area contributed by atoms with Crippen molar-refractivity contribution in [3.05, 3.63) is 40.2 Å². The predicted molar refractivity (Wildman–Crippen MR) is 74.7 cm³/mol. The lowest BCUT2D eigenvalue weighted by Crippen LogP contribution is -2.16. The van der Waals surface area contributed by atoms with Crippen LogP contribution in [0.2, 0.25) is 5.02 Å². The van der Waals surface area contributed by atoms with Gasteiger partial charge in [-0.25, -0.2) is 4.63 Å². The summed E-state index contributed by atoms with van der Waals surface area (Å²) in [6, 6.07) is 6.30. The fourth-order valence-electron chi connectivity index (χ4n) is 1.91. The van der Waals surface area contributed by atoms with Gasteiger partial charge in [-0.2, -0.15) is 0 Å². The Morgan fingerprint density at radius 1 is 1.40 bits per heavy atom. The lowest BCUT2D eigenvalue weighted by molar-refractivity contribution is 0.268. The van der Waals surface area contributed by atoms with Crippen LogP contribution in [0.3, 0.4) is 0 Å². The highest BCUT2D eigenvalue weighted by atomic mass is 35.5. The smallest absolute Gasteiger partial charge is 0.145 e. The second kappa shape index (κ2) is 5.81. The Kier molecular flexibility index (Phi) is 3.89. The largest absolute Gasteiger partial charge is 0.487 e. The molecule has 0 bridgehead atoms. The van der Waals surface area contributed by atoms with Gasteiger partial charge in [0.15, 0.2) is 0 Å². The van der Waals surface area contributed by atoms with Crippen molar-refractivity contribution < 1.29 is 9.37 Å². The SMILES string of the molecule is Cc1nonc1COc1cccc(Cl)c1CNC1CC1. The molecule has 1 N–H and O–H groups in total. The summed E-state index contributed by atoms with van der Waals surface area (Å²) in [4.78, 5) is 0. The van der Waals surface area contributed by atoms with E-state index in [1.165, 1.54) is 12.8 Å². The van der Waals surface area contributed by atoms with Gasteiger partial charge >= 0.3 is 0 Å². The zero-order chi connectivity index (χ0) is 13.9. The van der Waals surface area contributed by atoms with Crippen LogP contribution >= 0.6 is 11.6 Å².